The van der Waals surface area contributed by atoms with E-state index in [1.165, 1.54) is 17.8 Å². The highest BCUT2D eigenvalue weighted by Crippen LogP contribution is 2.21. The van der Waals surface area contributed by atoms with Crippen molar-refractivity contribution in [2.45, 2.75) is 26.8 Å². The third kappa shape index (κ3) is 4.82. The van der Waals surface area contributed by atoms with Gasteiger partial charge < -0.3 is 15.5 Å². The minimum Gasteiger partial charge on any atom is -0.369 e. The van der Waals surface area contributed by atoms with Crippen molar-refractivity contribution in [2.75, 3.05) is 22.1 Å². The molecule has 24 heavy (non-hydrogen) atoms. The number of nitrogens with zero attached hydrogens (tertiary/aromatic N) is 1. The molecule has 0 heterocycles. The van der Waals surface area contributed by atoms with Gasteiger partial charge in [-0.05, 0) is 75.5 Å². The van der Waals surface area contributed by atoms with E-state index in [0.717, 1.165) is 12.2 Å². The minimum absolute atomic E-state index is 0.0560. The number of hydrogen-bond donors (Lipinski definition) is 2. The molecule has 0 aromatic heterocycles. The Morgan fingerprint density at radius 3 is 2.25 bits per heavy atom. The Balaban J connectivity index is 2.00. The average molecular weight is 366 g/mol. The first-order valence-corrected chi connectivity index (χ1v) is 8.59. The molecule has 2 N–H and O–H groups in total. The van der Waals surface area contributed by atoms with E-state index in [0.29, 0.717) is 16.8 Å². The van der Waals surface area contributed by atoms with Crippen molar-refractivity contribution in [3.63, 3.8) is 0 Å². The van der Waals surface area contributed by atoms with Crippen LogP contribution in [0.5, 0.6) is 0 Å². The van der Waals surface area contributed by atoms with Crippen molar-refractivity contribution in [3.05, 3.63) is 53.3 Å². The van der Waals surface area contributed by atoms with Crippen molar-refractivity contribution in [1.29, 1.82) is 0 Å². The van der Waals surface area contributed by atoms with E-state index in [2.05, 4.69) is 48.4 Å². The molecule has 2 aromatic carbocycles. The summed E-state index contributed by atoms with van der Waals surface area (Å²) in [7, 11) is 0. The van der Waals surface area contributed by atoms with Gasteiger partial charge >= 0.3 is 0 Å². The highest BCUT2D eigenvalue weighted by atomic mass is 35.5. The Morgan fingerprint density at radius 1 is 1.12 bits per heavy atom. The molecular weight excluding hydrogens is 345 g/mol. The van der Waals surface area contributed by atoms with E-state index >= 15 is 0 Å². The fraction of sp³-hybridized carbons (Fsp3) is 0.278. The fourth-order valence-corrected chi connectivity index (χ4v) is 2.87. The summed E-state index contributed by atoms with van der Waals surface area (Å²) in [6.45, 7) is 7.43. The molecule has 6 heteroatoms. The Kier molecular flexibility index (Phi) is 6.40. The zero-order valence-corrected chi connectivity index (χ0v) is 15.5. The highest BCUT2D eigenvalue weighted by molar-refractivity contribution is 7.80. The Hall–Kier alpha value is -1.85. The molecule has 0 atom stereocenters. The van der Waals surface area contributed by atoms with E-state index in [9.17, 15) is 4.39 Å². The largest absolute Gasteiger partial charge is 0.369 e. The third-order valence-electron chi connectivity index (χ3n) is 3.60. The van der Waals surface area contributed by atoms with Crippen LogP contribution in [0.3, 0.4) is 0 Å². The molecule has 0 unspecified atom stereocenters. The molecular formula is C18H21ClFN3S. The van der Waals surface area contributed by atoms with Crippen LogP contribution < -0.4 is 15.5 Å². The standard InChI is InChI=1S/C18H21ClFN3S/c1-4-23(12(2)3)15-8-5-13(6-9-15)21-18(24)22-14-7-10-17(20)16(19)11-14/h5-12H,4H2,1-3H3,(H2,21,22,24). The number of hydrogen-bond acceptors (Lipinski definition) is 2. The molecule has 0 bridgehead atoms. The van der Waals surface area contributed by atoms with Crippen LogP contribution in [-0.2, 0) is 0 Å². The van der Waals surface area contributed by atoms with Crippen LogP contribution in [0.2, 0.25) is 5.02 Å². The van der Waals surface area contributed by atoms with Crippen LogP contribution in [-0.4, -0.2) is 17.7 Å². The maximum absolute atomic E-state index is 13.2. The Bertz CT molecular complexity index is 704. The predicted octanol–water partition coefficient (Wildman–Crippen LogP) is 5.52. The molecule has 0 saturated heterocycles. The molecule has 0 spiro atoms. The van der Waals surface area contributed by atoms with Gasteiger partial charge in [0, 0.05) is 29.6 Å². The molecule has 0 aliphatic heterocycles. The summed E-state index contributed by atoms with van der Waals surface area (Å²) >= 11 is 11.0. The SMILES string of the molecule is CCN(c1ccc(NC(=S)Nc2ccc(F)c(Cl)c2)cc1)C(C)C. The zero-order valence-electron chi connectivity index (χ0n) is 13.9. The molecule has 0 saturated carbocycles. The predicted molar refractivity (Wildman–Crippen MR) is 106 cm³/mol. The van der Waals surface area contributed by atoms with E-state index in [4.69, 9.17) is 23.8 Å². The van der Waals surface area contributed by atoms with Gasteiger partial charge in [0.25, 0.3) is 0 Å². The number of nitrogens with one attached hydrogen (secondary N) is 2. The first-order valence-electron chi connectivity index (χ1n) is 7.80. The maximum Gasteiger partial charge on any atom is 0.175 e. The van der Waals surface area contributed by atoms with Crippen molar-refractivity contribution >= 4 is 46.0 Å². The van der Waals surface area contributed by atoms with Crippen molar-refractivity contribution in [1.82, 2.24) is 0 Å². The summed E-state index contributed by atoms with van der Waals surface area (Å²) in [5, 5.41) is 6.56. The van der Waals surface area contributed by atoms with E-state index in [-0.39, 0.29) is 5.02 Å². The van der Waals surface area contributed by atoms with Crippen molar-refractivity contribution in [3.8, 4) is 0 Å². The summed E-state index contributed by atoms with van der Waals surface area (Å²) < 4.78 is 13.2. The number of benzene rings is 2. The Labute approximate surface area is 152 Å². The average Bonchev–Trinajstić information content (AvgIpc) is 2.53. The summed E-state index contributed by atoms with van der Waals surface area (Å²) in [4.78, 5) is 2.31. The molecule has 2 rings (SSSR count). The third-order valence-corrected chi connectivity index (χ3v) is 4.09. The van der Waals surface area contributed by atoms with E-state index in [1.54, 1.807) is 6.07 Å². The lowest BCUT2D eigenvalue weighted by Gasteiger charge is -2.27. The smallest absolute Gasteiger partial charge is 0.175 e. The fourth-order valence-electron chi connectivity index (χ4n) is 2.45. The topological polar surface area (TPSA) is 27.3 Å². The lowest BCUT2D eigenvalue weighted by molar-refractivity contribution is 0.628. The summed E-state index contributed by atoms with van der Waals surface area (Å²) in [5.74, 6) is -0.456. The Morgan fingerprint density at radius 2 is 1.71 bits per heavy atom. The minimum atomic E-state index is -0.456. The molecule has 2 aromatic rings. The van der Waals surface area contributed by atoms with Crippen LogP contribution in [0.1, 0.15) is 20.8 Å². The van der Waals surface area contributed by atoms with Gasteiger partial charge in [0.05, 0.1) is 5.02 Å². The summed E-state index contributed by atoms with van der Waals surface area (Å²) in [5.41, 5.74) is 2.68. The molecule has 0 amide bonds. The molecule has 128 valence electrons. The quantitative estimate of drug-likeness (QED) is 0.682. The van der Waals surface area contributed by atoms with Crippen LogP contribution in [0.25, 0.3) is 0 Å². The molecule has 0 aliphatic rings. The summed E-state index contributed by atoms with van der Waals surface area (Å²) in [6, 6.07) is 12.9. The van der Waals surface area contributed by atoms with Gasteiger partial charge in [-0.25, -0.2) is 4.39 Å². The van der Waals surface area contributed by atoms with E-state index < -0.39 is 5.82 Å². The normalized spacial score (nSPS) is 10.6. The van der Waals surface area contributed by atoms with Crippen LogP contribution in [0, 0.1) is 5.82 Å². The van der Waals surface area contributed by atoms with Crippen LogP contribution in [0.4, 0.5) is 21.5 Å². The lowest BCUT2D eigenvalue weighted by Crippen LogP contribution is -2.30. The monoisotopic (exact) mass is 365 g/mol. The number of thiocarbonyl (C=S) groups is 1. The molecule has 3 nitrogen and oxygen atoms in total. The van der Waals surface area contributed by atoms with Gasteiger partial charge in [-0.15, -0.1) is 0 Å². The van der Waals surface area contributed by atoms with Gasteiger partial charge in [-0.2, -0.15) is 0 Å². The highest BCUT2D eigenvalue weighted by Gasteiger charge is 2.08. The number of anilines is 3. The molecule has 0 fully saturated rings. The number of rotatable bonds is 5. The lowest BCUT2D eigenvalue weighted by atomic mass is 10.2. The first-order chi connectivity index (χ1) is 11.4. The second-order valence-corrected chi connectivity index (χ2v) is 6.45. The van der Waals surface area contributed by atoms with Crippen LogP contribution >= 0.6 is 23.8 Å². The van der Waals surface area contributed by atoms with Crippen molar-refractivity contribution in [2.24, 2.45) is 0 Å². The van der Waals surface area contributed by atoms with Gasteiger partial charge in [-0.3, -0.25) is 0 Å². The van der Waals surface area contributed by atoms with Crippen molar-refractivity contribution < 1.29 is 4.39 Å². The zero-order chi connectivity index (χ0) is 17.7. The van der Waals surface area contributed by atoms with E-state index in [1.807, 2.05) is 12.1 Å². The summed E-state index contributed by atoms with van der Waals surface area (Å²) in [6.07, 6.45) is 0. The van der Waals surface area contributed by atoms with Gasteiger partial charge in [-0.1, -0.05) is 11.6 Å². The van der Waals surface area contributed by atoms with Gasteiger partial charge in [0.15, 0.2) is 5.11 Å². The van der Waals surface area contributed by atoms with Gasteiger partial charge in [0.2, 0.25) is 0 Å². The maximum atomic E-state index is 13.2. The second-order valence-electron chi connectivity index (χ2n) is 5.63. The van der Waals surface area contributed by atoms with Crippen LogP contribution in [0.15, 0.2) is 42.5 Å². The molecule has 0 aliphatic carbocycles. The second kappa shape index (κ2) is 8.31. The molecule has 0 radical (unpaired) electrons. The first kappa shape index (κ1) is 18.5. The number of halogens is 2. The van der Waals surface area contributed by atoms with Gasteiger partial charge in [0.1, 0.15) is 5.82 Å².